The van der Waals surface area contributed by atoms with Gasteiger partial charge in [0.25, 0.3) is 5.56 Å². The second-order valence-electron chi connectivity index (χ2n) is 13.0. The van der Waals surface area contributed by atoms with Gasteiger partial charge in [0.2, 0.25) is 0 Å². The molecular weight excluding hydrogens is 554 g/mol. The Labute approximate surface area is 259 Å². The molecule has 3 aromatic rings. The molecule has 44 heavy (non-hydrogen) atoms. The number of urea groups is 1. The van der Waals surface area contributed by atoms with Gasteiger partial charge in [-0.05, 0) is 56.0 Å². The molecule has 2 saturated heterocycles. The number of carbonyl (C=O) groups excluding carboxylic acids is 1. The number of amides is 2. The van der Waals surface area contributed by atoms with Crippen LogP contribution in [0.2, 0.25) is 0 Å². The summed E-state index contributed by atoms with van der Waals surface area (Å²) in [5, 5.41) is 9.36. The zero-order valence-electron chi connectivity index (χ0n) is 25.6. The molecule has 3 aliphatic rings. The van der Waals surface area contributed by atoms with Crippen LogP contribution in [0.25, 0.3) is 11.3 Å². The monoisotopic (exact) mass is 597 g/mol. The summed E-state index contributed by atoms with van der Waals surface area (Å²) < 4.78 is 1.76. The Morgan fingerprint density at radius 1 is 1.00 bits per heavy atom. The first-order valence-electron chi connectivity index (χ1n) is 16.0. The molecular formula is C35H43N5O4. The highest BCUT2D eigenvalue weighted by molar-refractivity contribution is 5.75. The number of hydrogen-bond donors (Lipinski definition) is 1. The number of carboxylic acid groups (broad SMARTS) is 1. The van der Waals surface area contributed by atoms with Gasteiger partial charge in [-0.15, -0.1) is 0 Å². The average Bonchev–Trinajstić information content (AvgIpc) is 3.51. The predicted octanol–water partition coefficient (Wildman–Crippen LogP) is 5.13. The summed E-state index contributed by atoms with van der Waals surface area (Å²) in [5.74, 6) is -0.534. The molecule has 0 unspecified atom stereocenters. The Kier molecular flexibility index (Phi) is 8.84. The normalized spacial score (nSPS) is 23.3. The molecule has 1 aliphatic carbocycles. The van der Waals surface area contributed by atoms with Gasteiger partial charge in [-0.1, -0.05) is 73.5 Å². The van der Waals surface area contributed by atoms with Gasteiger partial charge in [0.05, 0.1) is 24.6 Å². The summed E-state index contributed by atoms with van der Waals surface area (Å²) in [6.45, 7) is 2.58. The number of rotatable bonds is 7. The Balaban J connectivity index is 1.19. The second-order valence-corrected chi connectivity index (χ2v) is 13.0. The van der Waals surface area contributed by atoms with E-state index in [9.17, 15) is 19.5 Å². The highest BCUT2D eigenvalue weighted by atomic mass is 16.4. The maximum atomic E-state index is 14.3. The van der Waals surface area contributed by atoms with Crippen molar-refractivity contribution in [3.8, 4) is 11.3 Å². The fourth-order valence-corrected chi connectivity index (χ4v) is 7.96. The van der Waals surface area contributed by atoms with E-state index in [2.05, 4.69) is 22.0 Å². The lowest BCUT2D eigenvalue weighted by Crippen LogP contribution is -2.57. The first-order chi connectivity index (χ1) is 21.3. The standard InChI is InChI=1S/C35H43N5O4/c1-37(23-33(42)43)29-15-19-40(31(20-29)27-12-6-3-7-13-27)34(44)38-18-14-28(35(24-38)16-8-9-17-35)22-39-25-36-30(21-32(39)41)26-10-4-2-5-11-26/h2-7,10-13,21,25,28-29,31H,8-9,14-20,22-24H2,1H3,(H,42,43)/t28-,29+,31-/m0/s1. The van der Waals surface area contributed by atoms with Crippen molar-refractivity contribution in [2.75, 3.05) is 33.2 Å². The summed E-state index contributed by atoms with van der Waals surface area (Å²) in [7, 11) is 1.86. The van der Waals surface area contributed by atoms with Gasteiger partial charge in [-0.3, -0.25) is 19.1 Å². The number of aliphatic carboxylic acids is 1. The molecule has 3 atom stereocenters. The minimum atomic E-state index is -0.836. The zero-order chi connectivity index (χ0) is 30.7. The molecule has 3 heterocycles. The minimum absolute atomic E-state index is 0.00623. The lowest BCUT2D eigenvalue weighted by molar-refractivity contribution is -0.138. The van der Waals surface area contributed by atoms with Crippen LogP contribution in [0.4, 0.5) is 4.79 Å². The molecule has 6 rings (SSSR count). The first kappa shape index (κ1) is 30.1. The SMILES string of the molecule is CN(CC(=O)O)[C@@H]1CCN(C(=O)N2CC[C@@H](Cn3cnc(-c4ccccc4)cc3=O)C3(CCCC3)C2)[C@H](c2ccccc2)C1. The second kappa shape index (κ2) is 12.9. The maximum absolute atomic E-state index is 14.3. The van der Waals surface area contributed by atoms with E-state index in [1.54, 1.807) is 17.0 Å². The van der Waals surface area contributed by atoms with Crippen LogP contribution in [-0.2, 0) is 11.3 Å². The molecule has 0 bridgehead atoms. The summed E-state index contributed by atoms with van der Waals surface area (Å²) in [4.78, 5) is 49.5. The van der Waals surface area contributed by atoms with E-state index in [0.717, 1.165) is 49.7 Å². The van der Waals surface area contributed by atoms with Crippen molar-refractivity contribution >= 4 is 12.0 Å². The average molecular weight is 598 g/mol. The smallest absolute Gasteiger partial charge is 0.320 e. The van der Waals surface area contributed by atoms with E-state index in [-0.39, 0.29) is 35.6 Å². The van der Waals surface area contributed by atoms with Crippen molar-refractivity contribution in [2.45, 2.75) is 63.6 Å². The molecule has 1 saturated carbocycles. The van der Waals surface area contributed by atoms with Crippen molar-refractivity contribution in [2.24, 2.45) is 11.3 Å². The van der Waals surface area contributed by atoms with Crippen LogP contribution < -0.4 is 5.56 Å². The van der Waals surface area contributed by atoms with Crippen LogP contribution in [0.1, 0.15) is 56.6 Å². The Morgan fingerprint density at radius 3 is 2.39 bits per heavy atom. The molecule has 9 heteroatoms. The maximum Gasteiger partial charge on any atom is 0.320 e. The summed E-state index contributed by atoms with van der Waals surface area (Å²) >= 11 is 0. The van der Waals surface area contributed by atoms with E-state index in [1.165, 1.54) is 0 Å². The van der Waals surface area contributed by atoms with Gasteiger partial charge in [0, 0.05) is 43.9 Å². The number of carbonyl (C=O) groups is 2. The topological polar surface area (TPSA) is 99.0 Å². The summed E-state index contributed by atoms with van der Waals surface area (Å²) in [6.07, 6.45) is 8.42. The number of likely N-dealkylation sites (tertiary alicyclic amines) is 2. The van der Waals surface area contributed by atoms with E-state index < -0.39 is 5.97 Å². The van der Waals surface area contributed by atoms with Crippen molar-refractivity contribution in [1.82, 2.24) is 24.3 Å². The fraction of sp³-hybridized carbons (Fsp3) is 0.486. The minimum Gasteiger partial charge on any atom is -0.480 e. The molecule has 3 fully saturated rings. The van der Waals surface area contributed by atoms with Crippen LogP contribution in [-0.4, -0.2) is 80.6 Å². The van der Waals surface area contributed by atoms with Crippen LogP contribution >= 0.6 is 0 Å². The predicted molar refractivity (Wildman–Crippen MR) is 169 cm³/mol. The quantitative estimate of drug-likeness (QED) is 0.405. The summed E-state index contributed by atoms with van der Waals surface area (Å²) in [6, 6.07) is 21.6. The molecule has 2 amide bonds. The third-order valence-electron chi connectivity index (χ3n) is 10.4. The Morgan fingerprint density at radius 2 is 1.70 bits per heavy atom. The zero-order valence-corrected chi connectivity index (χ0v) is 25.6. The van der Waals surface area contributed by atoms with Gasteiger partial charge in [0.15, 0.2) is 0 Å². The lowest BCUT2D eigenvalue weighted by atomic mass is 9.69. The molecule has 9 nitrogen and oxygen atoms in total. The van der Waals surface area contributed by atoms with E-state index in [4.69, 9.17) is 0 Å². The third kappa shape index (κ3) is 6.29. The van der Waals surface area contributed by atoms with Crippen LogP contribution in [0.15, 0.2) is 77.9 Å². The summed E-state index contributed by atoms with van der Waals surface area (Å²) in [5.41, 5.74) is 2.67. The molecule has 2 aliphatic heterocycles. The van der Waals surface area contributed by atoms with Crippen molar-refractivity contribution in [3.05, 3.63) is 89.0 Å². The van der Waals surface area contributed by atoms with E-state index in [1.807, 2.05) is 65.4 Å². The molecule has 1 aromatic heterocycles. The van der Waals surface area contributed by atoms with Gasteiger partial charge < -0.3 is 14.9 Å². The molecule has 2 aromatic carbocycles. The van der Waals surface area contributed by atoms with Gasteiger partial charge in [-0.25, -0.2) is 9.78 Å². The highest BCUT2D eigenvalue weighted by Crippen LogP contribution is 2.49. The number of nitrogens with zero attached hydrogens (tertiary/aromatic N) is 5. The molecule has 1 spiro atoms. The van der Waals surface area contributed by atoms with Crippen molar-refractivity contribution < 1.29 is 14.7 Å². The van der Waals surface area contributed by atoms with Crippen LogP contribution in [0, 0.1) is 11.3 Å². The van der Waals surface area contributed by atoms with Crippen molar-refractivity contribution in [3.63, 3.8) is 0 Å². The Bertz CT molecular complexity index is 1500. The van der Waals surface area contributed by atoms with Gasteiger partial charge in [0.1, 0.15) is 0 Å². The lowest BCUT2D eigenvalue weighted by Gasteiger charge is -2.50. The van der Waals surface area contributed by atoms with E-state index >= 15 is 0 Å². The van der Waals surface area contributed by atoms with Gasteiger partial charge in [-0.2, -0.15) is 0 Å². The van der Waals surface area contributed by atoms with Gasteiger partial charge >= 0.3 is 12.0 Å². The molecule has 232 valence electrons. The number of hydrogen-bond acceptors (Lipinski definition) is 5. The number of likely N-dealkylation sites (N-methyl/N-ethyl adjacent to an activating group) is 1. The number of piperidine rings is 2. The fourth-order valence-electron chi connectivity index (χ4n) is 7.96. The number of aromatic nitrogens is 2. The first-order valence-corrected chi connectivity index (χ1v) is 16.0. The Hall–Kier alpha value is -3.98. The third-order valence-corrected chi connectivity index (χ3v) is 10.4. The molecule has 1 N–H and O–H groups in total. The van der Waals surface area contributed by atoms with Crippen LogP contribution in [0.5, 0.6) is 0 Å². The van der Waals surface area contributed by atoms with E-state index in [0.29, 0.717) is 44.2 Å². The number of carboxylic acids is 1. The molecule has 0 radical (unpaired) electrons. The number of benzene rings is 2. The highest BCUT2D eigenvalue weighted by Gasteiger charge is 2.48. The van der Waals surface area contributed by atoms with Crippen molar-refractivity contribution in [1.29, 1.82) is 0 Å². The van der Waals surface area contributed by atoms with Crippen LogP contribution in [0.3, 0.4) is 0 Å². The largest absolute Gasteiger partial charge is 0.480 e.